The second-order valence-corrected chi connectivity index (χ2v) is 4.35. The molecule has 0 saturated carbocycles. The highest BCUT2D eigenvalue weighted by Gasteiger charge is 2.06. The van der Waals surface area contributed by atoms with Crippen LogP contribution in [-0.2, 0) is 6.42 Å². The molecule has 2 aromatic rings. The Hall–Kier alpha value is -1.32. The van der Waals surface area contributed by atoms with E-state index >= 15 is 0 Å². The number of rotatable bonds is 3. The Bertz CT molecular complexity index is 459. The lowest BCUT2D eigenvalue weighted by Crippen LogP contribution is -2.19. The van der Waals surface area contributed by atoms with Crippen molar-refractivity contribution >= 4 is 11.6 Å². The number of halogens is 1. The van der Waals surface area contributed by atoms with Crippen molar-refractivity contribution in [2.45, 2.75) is 19.4 Å². The Labute approximate surface area is 99.9 Å². The van der Waals surface area contributed by atoms with Crippen molar-refractivity contribution in [1.29, 1.82) is 0 Å². The van der Waals surface area contributed by atoms with Gasteiger partial charge in [-0.15, -0.1) is 0 Å². The number of nitrogens with zero attached hydrogens (tertiary/aromatic N) is 2. The number of benzene rings is 1. The number of aromatic nitrogens is 2. The SMILES string of the molecule is CC(N)Cc1cncn1-c1ccc(Cl)cc1. The molecular formula is C12H14ClN3. The van der Waals surface area contributed by atoms with E-state index < -0.39 is 0 Å². The van der Waals surface area contributed by atoms with E-state index in [1.807, 2.05) is 42.0 Å². The van der Waals surface area contributed by atoms with E-state index in [1.165, 1.54) is 0 Å². The first-order chi connectivity index (χ1) is 7.66. The highest BCUT2D eigenvalue weighted by atomic mass is 35.5. The fourth-order valence-corrected chi connectivity index (χ4v) is 1.76. The predicted octanol–water partition coefficient (Wildman–Crippen LogP) is 2.42. The van der Waals surface area contributed by atoms with Gasteiger partial charge in [0.1, 0.15) is 0 Å². The van der Waals surface area contributed by atoms with Gasteiger partial charge in [-0.2, -0.15) is 0 Å². The molecule has 84 valence electrons. The predicted molar refractivity (Wildman–Crippen MR) is 65.9 cm³/mol. The molecule has 0 aliphatic heterocycles. The average Bonchev–Trinajstić information content (AvgIpc) is 2.66. The van der Waals surface area contributed by atoms with Crippen LogP contribution in [0.3, 0.4) is 0 Å². The quantitative estimate of drug-likeness (QED) is 0.888. The summed E-state index contributed by atoms with van der Waals surface area (Å²) in [6, 6.07) is 7.80. The third kappa shape index (κ3) is 2.43. The summed E-state index contributed by atoms with van der Waals surface area (Å²) in [4.78, 5) is 4.15. The van der Waals surface area contributed by atoms with Gasteiger partial charge in [0.25, 0.3) is 0 Å². The van der Waals surface area contributed by atoms with Gasteiger partial charge in [-0.05, 0) is 31.2 Å². The van der Waals surface area contributed by atoms with Crippen LogP contribution in [0.15, 0.2) is 36.8 Å². The van der Waals surface area contributed by atoms with Crippen LogP contribution < -0.4 is 5.73 Å². The minimum Gasteiger partial charge on any atom is -0.328 e. The lowest BCUT2D eigenvalue weighted by molar-refractivity contribution is 0.709. The van der Waals surface area contributed by atoms with Crippen LogP contribution in [0.5, 0.6) is 0 Å². The first-order valence-corrected chi connectivity index (χ1v) is 5.57. The third-order valence-electron chi connectivity index (χ3n) is 2.35. The lowest BCUT2D eigenvalue weighted by Gasteiger charge is -2.09. The summed E-state index contributed by atoms with van der Waals surface area (Å²) in [6.45, 7) is 1.99. The third-order valence-corrected chi connectivity index (χ3v) is 2.60. The molecular weight excluding hydrogens is 222 g/mol. The first kappa shape index (κ1) is 11.2. The number of imidazole rings is 1. The molecule has 4 heteroatoms. The van der Waals surface area contributed by atoms with Crippen molar-refractivity contribution in [3.8, 4) is 5.69 Å². The van der Waals surface area contributed by atoms with Gasteiger partial charge in [-0.3, -0.25) is 0 Å². The average molecular weight is 236 g/mol. The molecule has 3 nitrogen and oxygen atoms in total. The second kappa shape index (κ2) is 4.68. The topological polar surface area (TPSA) is 43.8 Å². The molecule has 16 heavy (non-hydrogen) atoms. The number of hydrogen-bond acceptors (Lipinski definition) is 2. The molecule has 0 amide bonds. The van der Waals surface area contributed by atoms with Gasteiger partial charge >= 0.3 is 0 Å². The van der Waals surface area contributed by atoms with Crippen LogP contribution in [-0.4, -0.2) is 15.6 Å². The Morgan fingerprint density at radius 2 is 2.06 bits per heavy atom. The van der Waals surface area contributed by atoms with Crippen molar-refractivity contribution < 1.29 is 0 Å². The molecule has 1 aromatic carbocycles. The molecule has 0 radical (unpaired) electrons. The highest BCUT2D eigenvalue weighted by molar-refractivity contribution is 6.30. The molecule has 0 bridgehead atoms. The van der Waals surface area contributed by atoms with Crippen molar-refractivity contribution in [3.63, 3.8) is 0 Å². The van der Waals surface area contributed by atoms with Gasteiger partial charge in [0.15, 0.2) is 0 Å². The van der Waals surface area contributed by atoms with Gasteiger partial charge in [-0.25, -0.2) is 4.98 Å². The summed E-state index contributed by atoms with van der Waals surface area (Å²) in [5.74, 6) is 0. The zero-order chi connectivity index (χ0) is 11.5. The van der Waals surface area contributed by atoms with E-state index in [-0.39, 0.29) is 6.04 Å². The molecule has 0 aliphatic rings. The van der Waals surface area contributed by atoms with Crippen LogP contribution in [0.2, 0.25) is 5.02 Å². The van der Waals surface area contributed by atoms with Crippen molar-refractivity contribution in [2.24, 2.45) is 5.73 Å². The maximum Gasteiger partial charge on any atom is 0.0994 e. The first-order valence-electron chi connectivity index (χ1n) is 5.19. The van der Waals surface area contributed by atoms with Gasteiger partial charge < -0.3 is 10.3 Å². The van der Waals surface area contributed by atoms with Crippen molar-refractivity contribution in [2.75, 3.05) is 0 Å². The smallest absolute Gasteiger partial charge is 0.0994 e. The van der Waals surface area contributed by atoms with E-state index in [4.69, 9.17) is 17.3 Å². The standard InChI is InChI=1S/C12H14ClN3/c1-9(14)6-12-7-15-8-16(12)11-4-2-10(13)3-5-11/h2-5,7-9H,6,14H2,1H3. The van der Waals surface area contributed by atoms with Crippen molar-refractivity contribution in [1.82, 2.24) is 9.55 Å². The van der Waals surface area contributed by atoms with Gasteiger partial charge in [0.05, 0.1) is 6.33 Å². The van der Waals surface area contributed by atoms with Gasteiger partial charge in [-0.1, -0.05) is 11.6 Å². The summed E-state index contributed by atoms with van der Waals surface area (Å²) in [5, 5.41) is 0.734. The molecule has 2 N–H and O–H groups in total. The zero-order valence-electron chi connectivity index (χ0n) is 9.10. The monoisotopic (exact) mass is 235 g/mol. The van der Waals surface area contributed by atoms with Crippen LogP contribution in [0.4, 0.5) is 0 Å². The molecule has 0 fully saturated rings. The summed E-state index contributed by atoms with van der Waals surface area (Å²) < 4.78 is 2.03. The lowest BCUT2D eigenvalue weighted by atomic mass is 10.2. The summed E-state index contributed by atoms with van der Waals surface area (Å²) >= 11 is 5.85. The molecule has 0 aliphatic carbocycles. The number of nitrogens with two attached hydrogens (primary N) is 1. The maximum absolute atomic E-state index is 5.85. The summed E-state index contributed by atoms with van der Waals surface area (Å²) in [6.07, 6.45) is 4.45. The molecule has 1 aromatic heterocycles. The van der Waals surface area contributed by atoms with E-state index in [0.29, 0.717) is 0 Å². The van der Waals surface area contributed by atoms with Crippen LogP contribution in [0.25, 0.3) is 5.69 Å². The van der Waals surface area contributed by atoms with E-state index in [0.717, 1.165) is 22.8 Å². The largest absolute Gasteiger partial charge is 0.328 e. The minimum absolute atomic E-state index is 0.128. The Kier molecular flexibility index (Phi) is 3.27. The second-order valence-electron chi connectivity index (χ2n) is 3.91. The van der Waals surface area contributed by atoms with Gasteiger partial charge in [0.2, 0.25) is 0 Å². The fourth-order valence-electron chi connectivity index (χ4n) is 1.64. The fraction of sp³-hybridized carbons (Fsp3) is 0.250. The maximum atomic E-state index is 5.85. The van der Waals surface area contributed by atoms with Gasteiger partial charge in [0, 0.05) is 35.1 Å². The molecule has 0 spiro atoms. The Morgan fingerprint density at radius 3 is 2.69 bits per heavy atom. The normalized spacial score (nSPS) is 12.7. The molecule has 0 saturated heterocycles. The highest BCUT2D eigenvalue weighted by Crippen LogP contribution is 2.15. The number of hydrogen-bond donors (Lipinski definition) is 1. The minimum atomic E-state index is 0.128. The summed E-state index contributed by atoms with van der Waals surface area (Å²) in [7, 11) is 0. The molecule has 1 heterocycles. The Morgan fingerprint density at radius 1 is 1.38 bits per heavy atom. The zero-order valence-corrected chi connectivity index (χ0v) is 9.85. The van der Waals surface area contributed by atoms with E-state index in [2.05, 4.69) is 4.98 Å². The summed E-state index contributed by atoms with van der Waals surface area (Å²) in [5.41, 5.74) is 7.95. The van der Waals surface area contributed by atoms with Crippen molar-refractivity contribution in [3.05, 3.63) is 47.5 Å². The van der Waals surface area contributed by atoms with Crippen LogP contribution in [0, 0.1) is 0 Å². The van der Waals surface area contributed by atoms with Crippen LogP contribution in [0.1, 0.15) is 12.6 Å². The molecule has 1 unspecified atom stereocenters. The molecule has 1 atom stereocenters. The molecule has 2 rings (SSSR count). The van der Waals surface area contributed by atoms with E-state index in [9.17, 15) is 0 Å². The Balaban J connectivity index is 2.33. The van der Waals surface area contributed by atoms with Crippen LogP contribution >= 0.6 is 11.6 Å². The van der Waals surface area contributed by atoms with E-state index in [1.54, 1.807) is 6.33 Å².